The first kappa shape index (κ1) is 13.7. The number of benzene rings is 1. The SMILES string of the molecule is OCCOCCNc1c2c(nc3ccccc13)CSC2. The molecule has 0 spiro atoms. The van der Waals surface area contributed by atoms with Crippen molar-refractivity contribution < 1.29 is 9.84 Å². The number of ether oxygens (including phenoxy) is 1. The summed E-state index contributed by atoms with van der Waals surface area (Å²) in [4.78, 5) is 4.75. The normalized spacial score (nSPS) is 13.7. The Morgan fingerprint density at radius 3 is 3.05 bits per heavy atom. The number of para-hydroxylation sites is 1. The second kappa shape index (κ2) is 6.43. The van der Waals surface area contributed by atoms with Crippen molar-refractivity contribution in [3.8, 4) is 0 Å². The van der Waals surface area contributed by atoms with Crippen LogP contribution in [-0.4, -0.2) is 36.5 Å². The molecule has 0 saturated carbocycles. The molecule has 1 aliphatic heterocycles. The first-order valence-corrected chi connectivity index (χ1v) is 7.96. The van der Waals surface area contributed by atoms with Crippen molar-refractivity contribution in [2.75, 3.05) is 31.7 Å². The van der Waals surface area contributed by atoms with Gasteiger partial charge in [0.2, 0.25) is 0 Å². The number of hydrogen-bond donors (Lipinski definition) is 2. The van der Waals surface area contributed by atoms with Crippen molar-refractivity contribution in [2.24, 2.45) is 0 Å². The maximum Gasteiger partial charge on any atom is 0.0726 e. The summed E-state index contributed by atoms with van der Waals surface area (Å²) in [5, 5.41) is 13.4. The summed E-state index contributed by atoms with van der Waals surface area (Å²) >= 11 is 1.91. The molecule has 0 fully saturated rings. The fraction of sp³-hybridized carbons (Fsp3) is 0.400. The summed E-state index contributed by atoms with van der Waals surface area (Å²) in [5.74, 6) is 2.02. The highest BCUT2D eigenvalue weighted by Gasteiger charge is 2.19. The lowest BCUT2D eigenvalue weighted by molar-refractivity contribution is 0.0992. The van der Waals surface area contributed by atoms with Crippen molar-refractivity contribution in [2.45, 2.75) is 11.5 Å². The highest BCUT2D eigenvalue weighted by Crippen LogP contribution is 2.37. The minimum Gasteiger partial charge on any atom is -0.394 e. The molecule has 3 rings (SSSR count). The van der Waals surface area contributed by atoms with Crippen LogP contribution in [0.5, 0.6) is 0 Å². The quantitative estimate of drug-likeness (QED) is 0.800. The number of fused-ring (bicyclic) bond motifs is 2. The van der Waals surface area contributed by atoms with Crippen LogP contribution in [0.2, 0.25) is 0 Å². The molecule has 106 valence electrons. The van der Waals surface area contributed by atoms with Gasteiger partial charge in [0.25, 0.3) is 0 Å². The van der Waals surface area contributed by atoms with Crippen LogP contribution in [0.15, 0.2) is 24.3 Å². The Morgan fingerprint density at radius 1 is 1.25 bits per heavy atom. The number of thioether (sulfide) groups is 1. The number of nitrogens with one attached hydrogen (secondary N) is 1. The number of hydrogen-bond acceptors (Lipinski definition) is 5. The number of aromatic nitrogens is 1. The fourth-order valence-electron chi connectivity index (χ4n) is 2.44. The summed E-state index contributed by atoms with van der Waals surface area (Å²) in [6.07, 6.45) is 0. The Balaban J connectivity index is 1.84. The summed E-state index contributed by atoms with van der Waals surface area (Å²) in [6, 6.07) is 8.25. The molecule has 5 heteroatoms. The van der Waals surface area contributed by atoms with Gasteiger partial charge in [0, 0.05) is 34.7 Å². The fourth-order valence-corrected chi connectivity index (χ4v) is 3.49. The number of nitrogens with zero attached hydrogens (tertiary/aromatic N) is 1. The third-order valence-electron chi connectivity index (χ3n) is 3.35. The van der Waals surface area contributed by atoms with Crippen LogP contribution in [0.25, 0.3) is 10.9 Å². The Morgan fingerprint density at radius 2 is 2.15 bits per heavy atom. The molecule has 0 unspecified atom stereocenters. The standard InChI is InChI=1S/C15H18N2O2S/c18-6-8-19-7-5-16-15-11-3-1-2-4-13(11)17-14-10-20-9-12(14)15/h1-4,18H,5-10H2,(H,16,17). The molecule has 2 aromatic rings. The molecule has 0 saturated heterocycles. The van der Waals surface area contributed by atoms with Gasteiger partial charge in [-0.1, -0.05) is 18.2 Å². The first-order chi connectivity index (χ1) is 9.90. The van der Waals surface area contributed by atoms with Crippen molar-refractivity contribution in [3.05, 3.63) is 35.5 Å². The van der Waals surface area contributed by atoms with E-state index in [1.807, 2.05) is 23.9 Å². The van der Waals surface area contributed by atoms with E-state index in [2.05, 4.69) is 17.4 Å². The molecule has 1 aromatic heterocycles. The second-order valence-corrected chi connectivity index (χ2v) is 5.67. The summed E-state index contributed by atoms with van der Waals surface area (Å²) in [5.41, 5.74) is 4.78. The average Bonchev–Trinajstić information content (AvgIpc) is 2.94. The van der Waals surface area contributed by atoms with Crippen LogP contribution in [0.3, 0.4) is 0 Å². The van der Waals surface area contributed by atoms with E-state index in [-0.39, 0.29) is 6.61 Å². The molecular formula is C15H18N2O2S. The van der Waals surface area contributed by atoms with Gasteiger partial charge in [-0.15, -0.1) is 0 Å². The van der Waals surface area contributed by atoms with E-state index in [0.29, 0.717) is 13.2 Å². The topological polar surface area (TPSA) is 54.4 Å². The maximum atomic E-state index is 8.69. The van der Waals surface area contributed by atoms with Gasteiger partial charge in [0.1, 0.15) is 0 Å². The zero-order chi connectivity index (χ0) is 13.8. The van der Waals surface area contributed by atoms with Gasteiger partial charge in [0.15, 0.2) is 0 Å². The predicted molar refractivity (Wildman–Crippen MR) is 83.1 cm³/mol. The minimum absolute atomic E-state index is 0.0736. The summed E-state index contributed by atoms with van der Waals surface area (Å²) in [7, 11) is 0. The molecule has 4 nitrogen and oxygen atoms in total. The zero-order valence-electron chi connectivity index (χ0n) is 11.3. The van der Waals surface area contributed by atoms with E-state index in [9.17, 15) is 0 Å². The Hall–Kier alpha value is -1.30. The van der Waals surface area contributed by atoms with E-state index in [4.69, 9.17) is 14.8 Å². The van der Waals surface area contributed by atoms with Crippen molar-refractivity contribution >= 4 is 28.4 Å². The van der Waals surface area contributed by atoms with E-state index in [1.165, 1.54) is 22.3 Å². The molecule has 2 N–H and O–H groups in total. The van der Waals surface area contributed by atoms with E-state index in [1.54, 1.807) is 0 Å². The van der Waals surface area contributed by atoms with Crippen molar-refractivity contribution in [1.82, 2.24) is 4.98 Å². The minimum atomic E-state index is 0.0736. The van der Waals surface area contributed by atoms with Crippen LogP contribution in [0, 0.1) is 0 Å². The number of aliphatic hydroxyl groups is 1. The zero-order valence-corrected chi connectivity index (χ0v) is 12.1. The van der Waals surface area contributed by atoms with Gasteiger partial charge >= 0.3 is 0 Å². The van der Waals surface area contributed by atoms with Gasteiger partial charge in [0.05, 0.1) is 31.0 Å². The second-order valence-electron chi connectivity index (χ2n) is 4.68. The molecule has 0 aliphatic carbocycles. The van der Waals surface area contributed by atoms with Crippen LogP contribution in [0.4, 0.5) is 5.69 Å². The van der Waals surface area contributed by atoms with Gasteiger partial charge in [-0.3, -0.25) is 4.98 Å². The van der Waals surface area contributed by atoms with Crippen LogP contribution >= 0.6 is 11.8 Å². The Labute approximate surface area is 122 Å². The highest BCUT2D eigenvalue weighted by atomic mass is 32.2. The third-order valence-corrected chi connectivity index (χ3v) is 4.32. The number of rotatable bonds is 6. The molecule has 0 atom stereocenters. The molecule has 2 heterocycles. The Kier molecular flexibility index (Phi) is 4.40. The lowest BCUT2D eigenvalue weighted by Crippen LogP contribution is -2.13. The molecule has 0 amide bonds. The lowest BCUT2D eigenvalue weighted by Gasteiger charge is -2.14. The summed E-state index contributed by atoms with van der Waals surface area (Å²) in [6.45, 7) is 1.81. The largest absolute Gasteiger partial charge is 0.394 e. The predicted octanol–water partition coefficient (Wildman–Crippen LogP) is 2.40. The lowest BCUT2D eigenvalue weighted by atomic mass is 10.1. The van der Waals surface area contributed by atoms with Crippen LogP contribution in [-0.2, 0) is 16.2 Å². The monoisotopic (exact) mass is 290 g/mol. The molecule has 20 heavy (non-hydrogen) atoms. The molecule has 0 radical (unpaired) electrons. The van der Waals surface area contributed by atoms with Gasteiger partial charge in [-0.25, -0.2) is 0 Å². The molecular weight excluding hydrogens is 272 g/mol. The highest BCUT2D eigenvalue weighted by molar-refractivity contribution is 7.98. The average molecular weight is 290 g/mol. The maximum absolute atomic E-state index is 8.69. The van der Waals surface area contributed by atoms with Crippen molar-refractivity contribution in [3.63, 3.8) is 0 Å². The number of anilines is 1. The number of pyridine rings is 1. The van der Waals surface area contributed by atoms with Gasteiger partial charge < -0.3 is 15.2 Å². The van der Waals surface area contributed by atoms with Crippen LogP contribution in [0.1, 0.15) is 11.3 Å². The summed E-state index contributed by atoms with van der Waals surface area (Å²) < 4.78 is 5.30. The van der Waals surface area contributed by atoms with Crippen molar-refractivity contribution in [1.29, 1.82) is 0 Å². The van der Waals surface area contributed by atoms with Gasteiger partial charge in [-0.05, 0) is 6.07 Å². The smallest absolute Gasteiger partial charge is 0.0726 e. The van der Waals surface area contributed by atoms with Crippen LogP contribution < -0.4 is 5.32 Å². The Bertz CT molecular complexity index is 604. The van der Waals surface area contributed by atoms with E-state index in [0.717, 1.165) is 23.6 Å². The molecule has 0 bridgehead atoms. The third kappa shape index (κ3) is 2.75. The number of aliphatic hydroxyl groups excluding tert-OH is 1. The van der Waals surface area contributed by atoms with E-state index < -0.39 is 0 Å². The first-order valence-electron chi connectivity index (χ1n) is 6.81. The molecule has 1 aliphatic rings. The van der Waals surface area contributed by atoms with E-state index >= 15 is 0 Å². The molecule has 1 aromatic carbocycles. The van der Waals surface area contributed by atoms with Gasteiger partial charge in [-0.2, -0.15) is 11.8 Å².